The van der Waals surface area contributed by atoms with Gasteiger partial charge in [0.15, 0.2) is 0 Å². The smallest absolute Gasteiger partial charge is 0.139 e. The molecule has 1 unspecified atom stereocenters. The zero-order chi connectivity index (χ0) is 9.19. The Morgan fingerprint density at radius 3 is 2.75 bits per heavy atom. The second-order valence-corrected chi connectivity index (χ2v) is 4.18. The summed E-state index contributed by atoms with van der Waals surface area (Å²) in [6, 6.07) is 0. The molecule has 0 spiro atoms. The second-order valence-electron chi connectivity index (χ2n) is 4.18. The lowest BCUT2D eigenvalue weighted by Gasteiger charge is -2.37. The van der Waals surface area contributed by atoms with Crippen LogP contribution in [0.25, 0.3) is 0 Å². The van der Waals surface area contributed by atoms with E-state index in [9.17, 15) is 4.79 Å². The molecule has 12 heavy (non-hydrogen) atoms. The normalized spacial score (nSPS) is 31.9. The number of hydrogen-bond donors (Lipinski definition) is 0. The van der Waals surface area contributed by atoms with Crippen LogP contribution in [0.3, 0.4) is 0 Å². The lowest BCUT2D eigenvalue weighted by atomic mass is 9.77. The van der Waals surface area contributed by atoms with Gasteiger partial charge in [0, 0.05) is 18.4 Å². The molecular formula is C10H19NO. The Morgan fingerprint density at radius 2 is 2.25 bits per heavy atom. The molecule has 0 amide bonds. The van der Waals surface area contributed by atoms with Gasteiger partial charge >= 0.3 is 0 Å². The van der Waals surface area contributed by atoms with Crippen LogP contribution in [0.1, 0.15) is 33.1 Å². The summed E-state index contributed by atoms with van der Waals surface area (Å²) in [6.07, 6.45) is 2.92. The van der Waals surface area contributed by atoms with Gasteiger partial charge in [-0.2, -0.15) is 0 Å². The number of likely N-dealkylation sites (tertiary alicyclic amines) is 1. The van der Waals surface area contributed by atoms with Crippen molar-refractivity contribution < 1.29 is 4.79 Å². The minimum absolute atomic E-state index is 0.0538. The van der Waals surface area contributed by atoms with Gasteiger partial charge in [-0.05, 0) is 26.4 Å². The van der Waals surface area contributed by atoms with Crippen LogP contribution in [-0.2, 0) is 4.79 Å². The third-order valence-corrected chi connectivity index (χ3v) is 2.88. The third kappa shape index (κ3) is 1.86. The first kappa shape index (κ1) is 9.72. The van der Waals surface area contributed by atoms with Gasteiger partial charge in [0.25, 0.3) is 0 Å². The molecule has 2 heteroatoms. The predicted octanol–water partition coefficient (Wildman–Crippen LogP) is 1.70. The largest absolute Gasteiger partial charge is 0.305 e. The molecule has 2 nitrogen and oxygen atoms in total. The fourth-order valence-electron chi connectivity index (χ4n) is 2.15. The first-order valence-corrected chi connectivity index (χ1v) is 4.80. The van der Waals surface area contributed by atoms with Gasteiger partial charge in [-0.25, -0.2) is 0 Å². The Bertz CT molecular complexity index is 179. The monoisotopic (exact) mass is 169 g/mol. The van der Waals surface area contributed by atoms with Crippen molar-refractivity contribution in [3.63, 3.8) is 0 Å². The van der Waals surface area contributed by atoms with E-state index in [1.165, 1.54) is 6.42 Å². The summed E-state index contributed by atoms with van der Waals surface area (Å²) in [6.45, 7) is 6.16. The van der Waals surface area contributed by atoms with E-state index >= 15 is 0 Å². The lowest BCUT2D eigenvalue weighted by Crippen LogP contribution is -2.44. The molecular weight excluding hydrogens is 150 g/mol. The molecule has 0 aromatic carbocycles. The number of carbonyl (C=O) groups is 1. The van der Waals surface area contributed by atoms with Crippen LogP contribution in [0.15, 0.2) is 0 Å². The summed E-state index contributed by atoms with van der Waals surface area (Å²) in [5, 5.41) is 0. The fraction of sp³-hybridized carbons (Fsp3) is 0.900. The van der Waals surface area contributed by atoms with Crippen molar-refractivity contribution >= 4 is 5.78 Å². The van der Waals surface area contributed by atoms with Crippen LogP contribution in [-0.4, -0.2) is 30.8 Å². The van der Waals surface area contributed by atoms with Crippen molar-refractivity contribution in [1.29, 1.82) is 0 Å². The molecule has 0 aliphatic carbocycles. The van der Waals surface area contributed by atoms with Crippen LogP contribution >= 0.6 is 0 Å². The average molecular weight is 169 g/mol. The summed E-state index contributed by atoms with van der Waals surface area (Å²) < 4.78 is 0. The van der Waals surface area contributed by atoms with E-state index in [-0.39, 0.29) is 5.41 Å². The minimum atomic E-state index is -0.0538. The van der Waals surface area contributed by atoms with E-state index in [2.05, 4.69) is 18.9 Å². The van der Waals surface area contributed by atoms with Crippen molar-refractivity contribution in [2.75, 3.05) is 20.1 Å². The van der Waals surface area contributed by atoms with E-state index < -0.39 is 0 Å². The highest BCUT2D eigenvalue weighted by Gasteiger charge is 2.34. The van der Waals surface area contributed by atoms with E-state index in [4.69, 9.17) is 0 Å². The van der Waals surface area contributed by atoms with Crippen LogP contribution in [0, 0.1) is 5.41 Å². The molecule has 70 valence electrons. The van der Waals surface area contributed by atoms with Crippen molar-refractivity contribution in [3.8, 4) is 0 Å². The topological polar surface area (TPSA) is 20.3 Å². The van der Waals surface area contributed by atoms with Gasteiger partial charge in [0.1, 0.15) is 5.78 Å². The summed E-state index contributed by atoms with van der Waals surface area (Å²) in [7, 11) is 2.10. The van der Waals surface area contributed by atoms with E-state index in [1.54, 1.807) is 0 Å². The Hall–Kier alpha value is -0.370. The number of nitrogens with zero attached hydrogens (tertiary/aromatic N) is 1. The molecule has 0 N–H and O–H groups in total. The standard InChI is InChI=1S/C10H19NO/c1-4-9(12)10(2)6-5-7-11(3)8-10/h4-8H2,1-3H3. The summed E-state index contributed by atoms with van der Waals surface area (Å²) >= 11 is 0. The van der Waals surface area contributed by atoms with Crippen molar-refractivity contribution in [1.82, 2.24) is 4.90 Å². The van der Waals surface area contributed by atoms with Crippen LogP contribution in [0.2, 0.25) is 0 Å². The molecule has 1 rings (SSSR count). The van der Waals surface area contributed by atoms with E-state index in [1.807, 2.05) is 6.92 Å². The number of hydrogen-bond acceptors (Lipinski definition) is 2. The second kappa shape index (κ2) is 3.56. The highest BCUT2D eigenvalue weighted by molar-refractivity contribution is 5.84. The zero-order valence-corrected chi connectivity index (χ0v) is 8.39. The lowest BCUT2D eigenvalue weighted by molar-refractivity contribution is -0.130. The summed E-state index contributed by atoms with van der Waals surface area (Å²) in [4.78, 5) is 13.9. The SMILES string of the molecule is CCC(=O)C1(C)CCCN(C)C1. The number of rotatable bonds is 2. The van der Waals surface area contributed by atoms with Gasteiger partial charge in [0.2, 0.25) is 0 Å². The first-order valence-electron chi connectivity index (χ1n) is 4.80. The third-order valence-electron chi connectivity index (χ3n) is 2.88. The molecule has 1 saturated heterocycles. The van der Waals surface area contributed by atoms with Gasteiger partial charge in [0.05, 0.1) is 0 Å². The Balaban J connectivity index is 2.63. The van der Waals surface area contributed by atoms with Crippen molar-refractivity contribution in [3.05, 3.63) is 0 Å². The maximum Gasteiger partial charge on any atom is 0.139 e. The predicted molar refractivity (Wildman–Crippen MR) is 50.1 cm³/mol. The number of ketones is 1. The van der Waals surface area contributed by atoms with Crippen LogP contribution in [0.4, 0.5) is 0 Å². The Kier molecular flexibility index (Phi) is 2.89. The number of Topliss-reactive ketones (excluding diaryl/α,β-unsaturated/α-hetero) is 1. The molecule has 1 fully saturated rings. The highest BCUT2D eigenvalue weighted by Crippen LogP contribution is 2.30. The van der Waals surface area contributed by atoms with E-state index in [0.717, 1.165) is 19.5 Å². The van der Waals surface area contributed by atoms with Crippen LogP contribution in [0.5, 0.6) is 0 Å². The molecule has 0 aromatic heterocycles. The van der Waals surface area contributed by atoms with Crippen molar-refractivity contribution in [2.24, 2.45) is 5.41 Å². The molecule has 0 radical (unpaired) electrons. The summed E-state index contributed by atoms with van der Waals surface area (Å²) in [5.74, 6) is 0.425. The van der Waals surface area contributed by atoms with Gasteiger partial charge in [-0.1, -0.05) is 13.8 Å². The van der Waals surface area contributed by atoms with Gasteiger partial charge < -0.3 is 4.90 Å². The zero-order valence-electron chi connectivity index (χ0n) is 8.39. The minimum Gasteiger partial charge on any atom is -0.305 e. The molecule has 1 heterocycles. The number of piperidine rings is 1. The maximum absolute atomic E-state index is 11.6. The van der Waals surface area contributed by atoms with Gasteiger partial charge in [-0.3, -0.25) is 4.79 Å². The molecule has 1 aliphatic heterocycles. The maximum atomic E-state index is 11.6. The number of carbonyl (C=O) groups excluding carboxylic acids is 1. The molecule has 0 saturated carbocycles. The summed E-state index contributed by atoms with van der Waals surface area (Å²) in [5.41, 5.74) is -0.0538. The van der Waals surface area contributed by atoms with Crippen LogP contribution < -0.4 is 0 Å². The first-order chi connectivity index (χ1) is 5.58. The van der Waals surface area contributed by atoms with Crippen molar-refractivity contribution in [2.45, 2.75) is 33.1 Å². The average Bonchev–Trinajstić information content (AvgIpc) is 2.02. The molecule has 0 bridgehead atoms. The van der Waals surface area contributed by atoms with E-state index in [0.29, 0.717) is 12.2 Å². The molecule has 1 aliphatic rings. The van der Waals surface area contributed by atoms with Gasteiger partial charge in [-0.15, -0.1) is 0 Å². The molecule has 0 aromatic rings. The Morgan fingerprint density at radius 1 is 1.58 bits per heavy atom. The quantitative estimate of drug-likeness (QED) is 0.627. The highest BCUT2D eigenvalue weighted by atomic mass is 16.1. The Labute approximate surface area is 74.9 Å². The molecule has 1 atom stereocenters. The fourth-order valence-corrected chi connectivity index (χ4v) is 2.15.